The average molecular weight is 582 g/mol. The Labute approximate surface area is 239 Å². The SMILES string of the molecule is CCC(Sc1nc(N)c(C#N)c(-c2cc(OC)c(OC)c(OC)c2)c1C#N)C(=O)Nc1ccc(Cl)c(C(=O)O)c1. The number of methoxy groups -OCH3 is 3. The summed E-state index contributed by atoms with van der Waals surface area (Å²) in [6.07, 6.45) is 0.321. The Morgan fingerprint density at radius 2 is 1.73 bits per heavy atom. The molecule has 13 heteroatoms. The number of amides is 1. The minimum atomic E-state index is -1.24. The van der Waals surface area contributed by atoms with Crippen LogP contribution < -0.4 is 25.3 Å². The van der Waals surface area contributed by atoms with E-state index in [9.17, 15) is 25.2 Å². The first-order valence-corrected chi connectivity index (χ1v) is 12.8. The molecule has 0 aliphatic carbocycles. The lowest BCUT2D eigenvalue weighted by molar-refractivity contribution is -0.115. The molecule has 3 rings (SSSR count). The highest BCUT2D eigenvalue weighted by molar-refractivity contribution is 8.00. The van der Waals surface area contributed by atoms with Crippen LogP contribution in [-0.2, 0) is 4.79 Å². The zero-order valence-electron chi connectivity index (χ0n) is 21.9. The zero-order chi connectivity index (χ0) is 29.6. The molecule has 0 saturated carbocycles. The number of nitrogens with two attached hydrogens (primary N) is 1. The molecule has 0 spiro atoms. The Balaban J connectivity index is 2.10. The molecule has 0 fully saturated rings. The van der Waals surface area contributed by atoms with Crippen LogP contribution in [0.2, 0.25) is 5.02 Å². The van der Waals surface area contributed by atoms with Crippen molar-refractivity contribution >= 4 is 46.7 Å². The van der Waals surface area contributed by atoms with E-state index in [1.807, 2.05) is 6.07 Å². The van der Waals surface area contributed by atoms with Crippen LogP contribution in [0.1, 0.15) is 34.8 Å². The van der Waals surface area contributed by atoms with Gasteiger partial charge in [0.2, 0.25) is 11.7 Å². The molecular weight excluding hydrogens is 558 g/mol. The predicted molar refractivity (Wildman–Crippen MR) is 150 cm³/mol. The maximum atomic E-state index is 13.2. The Morgan fingerprint density at radius 1 is 1.10 bits per heavy atom. The number of aromatic carboxylic acids is 1. The van der Waals surface area contributed by atoms with Crippen LogP contribution in [0.25, 0.3) is 11.1 Å². The van der Waals surface area contributed by atoms with Gasteiger partial charge in [0.15, 0.2) is 11.5 Å². The number of rotatable bonds is 10. The predicted octanol–water partition coefficient (Wildman–Crippen LogP) is 4.96. The fourth-order valence-electron chi connectivity index (χ4n) is 3.84. The Hall–Kier alpha value is -4.65. The summed E-state index contributed by atoms with van der Waals surface area (Å²) in [5.74, 6) is -0.926. The summed E-state index contributed by atoms with van der Waals surface area (Å²) in [6.45, 7) is 1.76. The molecule has 2 aromatic carbocycles. The second-order valence-electron chi connectivity index (χ2n) is 8.07. The number of ether oxygens (including phenoxy) is 3. The number of benzene rings is 2. The maximum Gasteiger partial charge on any atom is 0.337 e. The van der Waals surface area contributed by atoms with Crippen LogP contribution in [0.4, 0.5) is 11.5 Å². The number of anilines is 2. The molecule has 206 valence electrons. The fourth-order valence-corrected chi connectivity index (χ4v) is 5.06. The van der Waals surface area contributed by atoms with Crippen molar-refractivity contribution in [1.82, 2.24) is 4.98 Å². The van der Waals surface area contributed by atoms with Crippen molar-refractivity contribution < 1.29 is 28.9 Å². The van der Waals surface area contributed by atoms with Crippen molar-refractivity contribution in [2.75, 3.05) is 32.4 Å². The molecule has 1 atom stereocenters. The molecule has 1 heterocycles. The molecule has 4 N–H and O–H groups in total. The number of halogens is 1. The van der Waals surface area contributed by atoms with E-state index in [1.165, 1.54) is 39.5 Å². The van der Waals surface area contributed by atoms with Gasteiger partial charge in [-0.05, 0) is 42.3 Å². The van der Waals surface area contributed by atoms with Crippen LogP contribution in [0.5, 0.6) is 17.2 Å². The molecule has 1 unspecified atom stereocenters. The molecule has 40 heavy (non-hydrogen) atoms. The zero-order valence-corrected chi connectivity index (χ0v) is 23.4. The number of carboxylic acids is 1. The van der Waals surface area contributed by atoms with Gasteiger partial charge in [0, 0.05) is 11.3 Å². The minimum absolute atomic E-state index is 0.0240. The van der Waals surface area contributed by atoms with Crippen LogP contribution in [0, 0.1) is 22.7 Å². The minimum Gasteiger partial charge on any atom is -0.493 e. The number of nitrogens with one attached hydrogen (secondary N) is 1. The van der Waals surface area contributed by atoms with Gasteiger partial charge < -0.3 is 30.4 Å². The van der Waals surface area contributed by atoms with Gasteiger partial charge in [-0.1, -0.05) is 30.3 Å². The highest BCUT2D eigenvalue weighted by Gasteiger charge is 2.27. The van der Waals surface area contributed by atoms with E-state index in [-0.39, 0.29) is 43.8 Å². The molecule has 0 saturated heterocycles. The lowest BCUT2D eigenvalue weighted by Crippen LogP contribution is -2.25. The van der Waals surface area contributed by atoms with E-state index in [2.05, 4.69) is 16.4 Å². The van der Waals surface area contributed by atoms with Gasteiger partial charge in [-0.25, -0.2) is 9.78 Å². The van der Waals surface area contributed by atoms with E-state index < -0.39 is 17.1 Å². The van der Waals surface area contributed by atoms with Gasteiger partial charge >= 0.3 is 5.97 Å². The van der Waals surface area contributed by atoms with Gasteiger partial charge in [-0.2, -0.15) is 10.5 Å². The summed E-state index contributed by atoms with van der Waals surface area (Å²) in [5, 5.41) is 31.5. The van der Waals surface area contributed by atoms with E-state index >= 15 is 0 Å². The van der Waals surface area contributed by atoms with Crippen molar-refractivity contribution in [3.8, 4) is 40.5 Å². The first kappa shape index (κ1) is 29.9. The highest BCUT2D eigenvalue weighted by atomic mass is 35.5. The summed E-state index contributed by atoms with van der Waals surface area (Å²) < 4.78 is 16.2. The molecule has 0 radical (unpaired) electrons. The topological polar surface area (TPSA) is 181 Å². The number of nitrogen functional groups attached to an aromatic ring is 1. The van der Waals surface area contributed by atoms with Crippen molar-refractivity contribution in [1.29, 1.82) is 10.5 Å². The van der Waals surface area contributed by atoms with E-state index in [0.29, 0.717) is 29.2 Å². The summed E-state index contributed by atoms with van der Waals surface area (Å²) >= 11 is 6.91. The number of carboxylic acid groups (broad SMARTS) is 1. The number of carbonyl (C=O) groups is 2. The molecule has 0 aliphatic rings. The Kier molecular flexibility index (Phi) is 9.67. The number of pyridine rings is 1. The quantitative estimate of drug-likeness (QED) is 0.275. The maximum absolute atomic E-state index is 13.2. The standard InChI is InChI=1S/C27H24ClN5O6S/c1-5-21(25(34)32-14-6-7-18(28)15(10-14)27(35)36)40-26-17(12-30)22(16(11-29)24(31)33-26)13-8-19(37-2)23(39-4)20(9-13)38-3/h6-10,21H,5H2,1-4H3,(H2,31,33)(H,32,34)(H,35,36). The largest absolute Gasteiger partial charge is 0.493 e. The van der Waals surface area contributed by atoms with Crippen LogP contribution in [-0.4, -0.2) is 48.5 Å². The van der Waals surface area contributed by atoms with E-state index in [0.717, 1.165) is 11.8 Å². The second-order valence-corrected chi connectivity index (χ2v) is 9.67. The Morgan fingerprint density at radius 3 is 2.23 bits per heavy atom. The number of hydrogen-bond donors (Lipinski definition) is 3. The first-order valence-electron chi connectivity index (χ1n) is 11.6. The molecule has 3 aromatic rings. The summed E-state index contributed by atoms with van der Waals surface area (Å²) in [4.78, 5) is 28.9. The summed E-state index contributed by atoms with van der Waals surface area (Å²) in [7, 11) is 4.32. The van der Waals surface area contributed by atoms with Crippen molar-refractivity contribution in [2.45, 2.75) is 23.6 Å². The average Bonchev–Trinajstić information content (AvgIpc) is 2.95. The first-order chi connectivity index (χ1) is 19.1. The number of nitrogens with zero attached hydrogens (tertiary/aromatic N) is 3. The molecule has 1 aromatic heterocycles. The second kappa shape index (κ2) is 12.9. The van der Waals surface area contributed by atoms with Gasteiger partial charge in [-0.3, -0.25) is 4.79 Å². The smallest absolute Gasteiger partial charge is 0.337 e. The molecular formula is C27H24ClN5O6S. The summed E-state index contributed by atoms with van der Waals surface area (Å²) in [6, 6.07) is 11.4. The third-order valence-electron chi connectivity index (χ3n) is 5.75. The molecule has 0 aliphatic heterocycles. The van der Waals surface area contributed by atoms with Crippen LogP contribution in [0.3, 0.4) is 0 Å². The van der Waals surface area contributed by atoms with E-state index in [4.69, 9.17) is 31.5 Å². The number of hydrogen-bond acceptors (Lipinski definition) is 10. The van der Waals surface area contributed by atoms with Gasteiger partial charge in [-0.15, -0.1) is 0 Å². The highest BCUT2D eigenvalue weighted by Crippen LogP contribution is 2.44. The van der Waals surface area contributed by atoms with Gasteiger partial charge in [0.05, 0.1) is 42.7 Å². The number of nitriles is 2. The number of aromatic nitrogens is 1. The lowest BCUT2D eigenvalue weighted by atomic mass is 9.96. The van der Waals surface area contributed by atoms with Crippen molar-refractivity contribution in [2.24, 2.45) is 0 Å². The normalized spacial score (nSPS) is 11.1. The molecule has 0 bridgehead atoms. The fraction of sp³-hybridized carbons (Fsp3) is 0.222. The van der Waals surface area contributed by atoms with E-state index in [1.54, 1.807) is 19.1 Å². The number of carbonyl (C=O) groups excluding carboxylic acids is 1. The third kappa shape index (κ3) is 5.99. The monoisotopic (exact) mass is 581 g/mol. The lowest BCUT2D eigenvalue weighted by Gasteiger charge is -2.19. The van der Waals surface area contributed by atoms with Gasteiger partial charge in [0.25, 0.3) is 0 Å². The van der Waals surface area contributed by atoms with Crippen LogP contribution in [0.15, 0.2) is 35.4 Å². The summed E-state index contributed by atoms with van der Waals surface area (Å²) in [5.41, 5.74) is 6.80. The Bertz CT molecular complexity index is 1540. The third-order valence-corrected chi connectivity index (χ3v) is 7.43. The van der Waals surface area contributed by atoms with Crippen molar-refractivity contribution in [3.63, 3.8) is 0 Å². The number of thioether (sulfide) groups is 1. The van der Waals surface area contributed by atoms with Crippen LogP contribution >= 0.6 is 23.4 Å². The van der Waals surface area contributed by atoms with Gasteiger partial charge in [0.1, 0.15) is 28.5 Å². The molecule has 11 nitrogen and oxygen atoms in total. The molecule has 1 amide bonds. The van der Waals surface area contributed by atoms with Crippen molar-refractivity contribution in [3.05, 3.63) is 52.0 Å².